The van der Waals surface area contributed by atoms with Gasteiger partial charge in [0.1, 0.15) is 0 Å². The molecule has 0 aliphatic carbocycles. The smallest absolute Gasteiger partial charge is 0.291 e. The van der Waals surface area contributed by atoms with E-state index in [1.54, 1.807) is 12.1 Å². The first-order valence-corrected chi connectivity index (χ1v) is 8.28. The van der Waals surface area contributed by atoms with Crippen LogP contribution in [0.1, 0.15) is 16.5 Å². The van der Waals surface area contributed by atoms with Gasteiger partial charge in [0.15, 0.2) is 0 Å². The van der Waals surface area contributed by atoms with Gasteiger partial charge in [-0.3, -0.25) is 4.85 Å². The Morgan fingerprint density at radius 3 is 2.24 bits per heavy atom. The summed E-state index contributed by atoms with van der Waals surface area (Å²) in [6, 6.07) is 10.8. The van der Waals surface area contributed by atoms with Gasteiger partial charge in [0.2, 0.25) is 0 Å². The van der Waals surface area contributed by atoms with Crippen molar-refractivity contribution in [3.63, 3.8) is 0 Å². The molecule has 0 unspecified atom stereocenters. The highest BCUT2D eigenvalue weighted by Crippen LogP contribution is 2.35. The van der Waals surface area contributed by atoms with Crippen LogP contribution in [0.2, 0.25) is 10.0 Å². The summed E-state index contributed by atoms with van der Waals surface area (Å²) < 4.78 is 25.2. The first kappa shape index (κ1) is 15.8. The quantitative estimate of drug-likeness (QED) is 0.760. The highest BCUT2D eigenvalue weighted by Gasteiger charge is 2.36. The molecule has 0 aliphatic rings. The topological polar surface area (TPSA) is 38.5 Å². The van der Waals surface area contributed by atoms with E-state index in [9.17, 15) is 8.42 Å². The number of rotatable bonds is 3. The minimum atomic E-state index is -3.84. The second-order valence-electron chi connectivity index (χ2n) is 4.51. The van der Waals surface area contributed by atoms with E-state index >= 15 is 0 Å². The molecule has 2 aromatic carbocycles. The van der Waals surface area contributed by atoms with Crippen LogP contribution in [-0.4, -0.2) is 8.42 Å². The van der Waals surface area contributed by atoms with E-state index < -0.39 is 15.2 Å². The summed E-state index contributed by atoms with van der Waals surface area (Å²) in [6.07, 6.45) is 0. The van der Waals surface area contributed by atoms with Gasteiger partial charge in [0.25, 0.3) is 9.84 Å². The van der Waals surface area contributed by atoms with Crippen molar-refractivity contribution in [1.82, 2.24) is 0 Å². The van der Waals surface area contributed by atoms with Crippen molar-refractivity contribution in [2.75, 3.05) is 0 Å². The lowest BCUT2D eigenvalue weighted by atomic mass is 10.2. The van der Waals surface area contributed by atoms with Gasteiger partial charge in [-0.15, -0.1) is 0 Å². The van der Waals surface area contributed by atoms with E-state index in [1.807, 2.05) is 6.92 Å². The Labute approximate surface area is 133 Å². The average molecular weight is 340 g/mol. The van der Waals surface area contributed by atoms with Crippen LogP contribution in [0.4, 0.5) is 0 Å². The van der Waals surface area contributed by atoms with E-state index in [1.165, 1.54) is 30.3 Å². The minimum absolute atomic E-state index is 0.0973. The zero-order valence-electron chi connectivity index (χ0n) is 11.0. The number of sulfone groups is 1. The monoisotopic (exact) mass is 339 g/mol. The summed E-state index contributed by atoms with van der Waals surface area (Å²) in [6.45, 7) is 9.11. The maximum Gasteiger partial charge on any atom is 0.351 e. The lowest BCUT2D eigenvalue weighted by Gasteiger charge is -2.10. The molecule has 0 amide bonds. The fourth-order valence-electron chi connectivity index (χ4n) is 1.86. The number of hydrogen-bond donors (Lipinski definition) is 0. The first-order valence-electron chi connectivity index (χ1n) is 5.98. The fraction of sp³-hybridized carbons (Fsp3) is 0.133. The summed E-state index contributed by atoms with van der Waals surface area (Å²) in [4.78, 5) is 3.35. The second-order valence-corrected chi connectivity index (χ2v) is 7.36. The Hall–Kier alpha value is -1.54. The zero-order valence-corrected chi connectivity index (χ0v) is 13.4. The van der Waals surface area contributed by atoms with Crippen molar-refractivity contribution in [3.05, 3.63) is 75.1 Å². The Bertz CT molecular complexity index is 809. The Morgan fingerprint density at radius 2 is 1.71 bits per heavy atom. The van der Waals surface area contributed by atoms with Gasteiger partial charge in [-0.1, -0.05) is 40.9 Å². The number of halogens is 2. The van der Waals surface area contributed by atoms with Crippen molar-refractivity contribution in [2.45, 2.75) is 17.2 Å². The third-order valence-electron chi connectivity index (χ3n) is 2.99. The van der Waals surface area contributed by atoms with Crippen LogP contribution in [0.3, 0.4) is 0 Å². The van der Waals surface area contributed by atoms with Crippen LogP contribution >= 0.6 is 23.2 Å². The van der Waals surface area contributed by atoms with E-state index in [4.69, 9.17) is 29.8 Å². The van der Waals surface area contributed by atoms with Crippen molar-refractivity contribution in [3.8, 4) is 0 Å². The maximum absolute atomic E-state index is 12.6. The van der Waals surface area contributed by atoms with Crippen LogP contribution in [0.15, 0.2) is 47.4 Å². The van der Waals surface area contributed by atoms with Gasteiger partial charge in [-0.2, -0.15) is 0 Å². The molecule has 0 bridgehead atoms. The summed E-state index contributed by atoms with van der Waals surface area (Å²) in [5.41, 5.74) is 1.18. The number of hydrogen-bond acceptors (Lipinski definition) is 2. The molecule has 2 rings (SSSR count). The molecule has 0 fully saturated rings. The first-order chi connectivity index (χ1) is 9.86. The Morgan fingerprint density at radius 1 is 1.10 bits per heavy atom. The maximum atomic E-state index is 12.6. The molecular formula is C15H11Cl2NO2S. The lowest BCUT2D eigenvalue weighted by Crippen LogP contribution is -2.11. The van der Waals surface area contributed by atoms with E-state index in [0.717, 1.165) is 5.56 Å². The minimum Gasteiger partial charge on any atom is -0.291 e. The molecule has 0 N–H and O–H groups in total. The third-order valence-corrected chi connectivity index (χ3v) is 5.43. The lowest BCUT2D eigenvalue weighted by molar-refractivity contribution is 0.590. The number of nitrogens with zero attached hydrogens (tertiary/aromatic N) is 1. The third kappa shape index (κ3) is 3.21. The van der Waals surface area contributed by atoms with E-state index in [2.05, 4.69) is 4.85 Å². The molecule has 0 spiro atoms. The molecule has 2 aromatic rings. The van der Waals surface area contributed by atoms with Crippen LogP contribution in [-0.2, 0) is 9.84 Å². The Balaban J connectivity index is 2.55. The highest BCUT2D eigenvalue weighted by molar-refractivity contribution is 7.91. The van der Waals surface area contributed by atoms with Gasteiger partial charge in [-0.05, 0) is 37.3 Å². The van der Waals surface area contributed by atoms with Crippen LogP contribution in [0, 0.1) is 13.5 Å². The Kier molecular flexibility index (Phi) is 4.58. The van der Waals surface area contributed by atoms with Gasteiger partial charge in [0, 0.05) is 5.02 Å². The summed E-state index contributed by atoms with van der Waals surface area (Å²) in [5.74, 6) is 0. The van der Waals surface area contributed by atoms with E-state index in [0.29, 0.717) is 5.02 Å². The average Bonchev–Trinajstić information content (AvgIpc) is 2.42. The van der Waals surface area contributed by atoms with Crippen LogP contribution in [0.25, 0.3) is 4.85 Å². The summed E-state index contributed by atoms with van der Waals surface area (Å²) >= 11 is 11.8. The number of benzene rings is 2. The molecule has 0 aliphatic heterocycles. The normalized spacial score (nSPS) is 12.7. The van der Waals surface area contributed by atoms with Gasteiger partial charge >= 0.3 is 5.37 Å². The zero-order chi connectivity index (χ0) is 15.6. The molecule has 0 saturated carbocycles. The van der Waals surface area contributed by atoms with Gasteiger partial charge < -0.3 is 0 Å². The fourth-order valence-corrected chi connectivity index (χ4v) is 3.89. The predicted octanol–water partition coefficient (Wildman–Crippen LogP) is 4.69. The van der Waals surface area contributed by atoms with Crippen LogP contribution in [0.5, 0.6) is 0 Å². The molecule has 0 saturated heterocycles. The van der Waals surface area contributed by atoms with E-state index in [-0.39, 0.29) is 15.5 Å². The number of aryl methyl sites for hydroxylation is 1. The van der Waals surface area contributed by atoms with Gasteiger partial charge in [0.05, 0.1) is 15.5 Å². The molecule has 1 atom stereocenters. The molecule has 3 nitrogen and oxygen atoms in total. The second kappa shape index (κ2) is 6.07. The molecule has 21 heavy (non-hydrogen) atoms. The van der Waals surface area contributed by atoms with Crippen LogP contribution < -0.4 is 0 Å². The molecule has 6 heteroatoms. The molecule has 0 radical (unpaired) electrons. The van der Waals surface area contributed by atoms with Crippen molar-refractivity contribution in [2.24, 2.45) is 0 Å². The van der Waals surface area contributed by atoms with Gasteiger partial charge in [-0.25, -0.2) is 15.0 Å². The van der Waals surface area contributed by atoms with Crippen molar-refractivity contribution >= 4 is 33.0 Å². The molecule has 108 valence electrons. The van der Waals surface area contributed by atoms with Crippen molar-refractivity contribution in [1.29, 1.82) is 0 Å². The SMILES string of the molecule is [C-]#[N+][C@@H](c1ccc(Cl)cc1Cl)S(=O)(=O)c1ccc(C)cc1. The highest BCUT2D eigenvalue weighted by atomic mass is 35.5. The standard InChI is InChI=1S/C15H11Cl2NO2S/c1-10-3-6-12(7-4-10)21(19,20)15(18-2)13-8-5-11(16)9-14(13)17/h3-9,15H,1H3/t15-/m1/s1. The molecular weight excluding hydrogens is 329 g/mol. The van der Waals surface area contributed by atoms with Crippen molar-refractivity contribution < 1.29 is 8.42 Å². The predicted molar refractivity (Wildman–Crippen MR) is 84.2 cm³/mol. The molecule has 0 aromatic heterocycles. The summed E-state index contributed by atoms with van der Waals surface area (Å²) in [7, 11) is -3.84. The largest absolute Gasteiger partial charge is 0.351 e. The summed E-state index contributed by atoms with van der Waals surface area (Å²) in [5, 5.41) is -0.829. The molecule has 0 heterocycles.